The maximum atomic E-state index is 10.4. The van der Waals surface area contributed by atoms with Crippen molar-refractivity contribution in [2.45, 2.75) is 19.8 Å². The Labute approximate surface area is 73.5 Å². The van der Waals surface area contributed by atoms with Gasteiger partial charge in [0.2, 0.25) is 0 Å². The third kappa shape index (κ3) is 5.97. The minimum Gasteiger partial charge on any atom is -0.385 e. The van der Waals surface area contributed by atoms with Crippen LogP contribution in [-0.4, -0.2) is 26.3 Å². The van der Waals surface area contributed by atoms with Crippen molar-refractivity contribution in [3.63, 3.8) is 0 Å². The first-order chi connectivity index (χ1) is 5.70. The summed E-state index contributed by atoms with van der Waals surface area (Å²) in [6, 6.07) is -0.453. The molecule has 0 saturated carbocycles. The van der Waals surface area contributed by atoms with E-state index in [9.17, 15) is 4.79 Å². The molecule has 0 aromatic carbocycles. The van der Waals surface area contributed by atoms with E-state index in [0.29, 0.717) is 12.5 Å². The molecule has 1 atom stereocenters. The number of primary amides is 1. The summed E-state index contributed by atoms with van der Waals surface area (Å²) in [6.07, 6.45) is 2.00. The second-order valence-corrected chi connectivity index (χ2v) is 2.80. The highest BCUT2D eigenvalue weighted by Gasteiger charge is 2.05. The summed E-state index contributed by atoms with van der Waals surface area (Å²) in [4.78, 5) is 10.4. The van der Waals surface area contributed by atoms with Crippen LogP contribution >= 0.6 is 0 Å². The van der Waals surface area contributed by atoms with Gasteiger partial charge < -0.3 is 15.8 Å². The van der Waals surface area contributed by atoms with Crippen LogP contribution in [0.15, 0.2) is 0 Å². The highest BCUT2D eigenvalue weighted by molar-refractivity contribution is 5.71. The van der Waals surface area contributed by atoms with Crippen LogP contribution in [-0.2, 0) is 4.74 Å². The van der Waals surface area contributed by atoms with Gasteiger partial charge in [0.1, 0.15) is 0 Å². The third-order valence-electron chi connectivity index (χ3n) is 1.87. The van der Waals surface area contributed by atoms with Gasteiger partial charge in [-0.15, -0.1) is 0 Å². The molecule has 0 aliphatic rings. The van der Waals surface area contributed by atoms with Crippen molar-refractivity contribution >= 4 is 6.03 Å². The quantitative estimate of drug-likeness (QED) is 0.623. The van der Waals surface area contributed by atoms with Crippen LogP contribution in [0, 0.1) is 5.92 Å². The molecular weight excluding hydrogens is 156 g/mol. The summed E-state index contributed by atoms with van der Waals surface area (Å²) in [5, 5.41) is 2.59. The van der Waals surface area contributed by atoms with E-state index >= 15 is 0 Å². The molecule has 2 amide bonds. The van der Waals surface area contributed by atoms with Gasteiger partial charge in [-0.3, -0.25) is 0 Å². The van der Waals surface area contributed by atoms with Gasteiger partial charge in [-0.2, -0.15) is 0 Å². The summed E-state index contributed by atoms with van der Waals surface area (Å²) in [5.74, 6) is 0.470. The number of carbonyl (C=O) groups excluding carboxylic acids is 1. The second-order valence-electron chi connectivity index (χ2n) is 2.80. The fraction of sp³-hybridized carbons (Fsp3) is 0.875. The third-order valence-corrected chi connectivity index (χ3v) is 1.87. The summed E-state index contributed by atoms with van der Waals surface area (Å²) in [7, 11) is 1.67. The molecule has 0 fully saturated rings. The number of methoxy groups -OCH3 is 1. The minimum atomic E-state index is -0.453. The van der Waals surface area contributed by atoms with Crippen LogP contribution in [0.2, 0.25) is 0 Å². The van der Waals surface area contributed by atoms with E-state index in [-0.39, 0.29) is 0 Å². The van der Waals surface area contributed by atoms with Gasteiger partial charge in [0.25, 0.3) is 0 Å². The highest BCUT2D eigenvalue weighted by atomic mass is 16.5. The first kappa shape index (κ1) is 11.2. The molecule has 3 N–H and O–H groups in total. The van der Waals surface area contributed by atoms with Crippen molar-refractivity contribution in [3.8, 4) is 0 Å². The lowest BCUT2D eigenvalue weighted by atomic mass is 10.0. The molecule has 0 aromatic rings. The number of hydrogen-bond acceptors (Lipinski definition) is 2. The fourth-order valence-corrected chi connectivity index (χ4v) is 0.980. The number of carbonyl (C=O) groups is 1. The van der Waals surface area contributed by atoms with Crippen molar-refractivity contribution in [1.29, 1.82) is 0 Å². The van der Waals surface area contributed by atoms with E-state index in [1.54, 1.807) is 7.11 Å². The van der Waals surface area contributed by atoms with Crippen LogP contribution in [0.1, 0.15) is 19.8 Å². The Kier molecular flexibility index (Phi) is 6.47. The SMILES string of the molecule is CCC(CCOC)CNC(N)=O. The van der Waals surface area contributed by atoms with Crippen molar-refractivity contribution in [2.24, 2.45) is 11.7 Å². The smallest absolute Gasteiger partial charge is 0.312 e. The molecule has 72 valence electrons. The van der Waals surface area contributed by atoms with Gasteiger partial charge in [0.05, 0.1) is 0 Å². The number of amides is 2. The number of ether oxygens (including phenoxy) is 1. The number of nitrogens with two attached hydrogens (primary N) is 1. The van der Waals surface area contributed by atoms with Gasteiger partial charge in [-0.1, -0.05) is 13.3 Å². The largest absolute Gasteiger partial charge is 0.385 e. The Morgan fingerprint density at radius 2 is 2.33 bits per heavy atom. The number of hydrogen-bond donors (Lipinski definition) is 2. The first-order valence-corrected chi connectivity index (χ1v) is 4.23. The standard InChI is InChI=1S/C8H18N2O2/c1-3-7(4-5-12-2)6-10-8(9)11/h7H,3-6H2,1-2H3,(H3,9,10,11). The molecule has 4 heteroatoms. The number of rotatable bonds is 6. The molecule has 12 heavy (non-hydrogen) atoms. The summed E-state index contributed by atoms with van der Waals surface area (Å²) in [5.41, 5.74) is 4.94. The maximum Gasteiger partial charge on any atom is 0.312 e. The molecule has 0 radical (unpaired) electrons. The zero-order valence-electron chi connectivity index (χ0n) is 7.80. The molecule has 0 heterocycles. The van der Waals surface area contributed by atoms with E-state index in [1.807, 2.05) is 0 Å². The molecular formula is C8H18N2O2. The van der Waals surface area contributed by atoms with Crippen LogP contribution in [0.4, 0.5) is 4.79 Å². The average molecular weight is 174 g/mol. The van der Waals surface area contributed by atoms with Gasteiger partial charge in [-0.05, 0) is 12.3 Å². The normalized spacial score (nSPS) is 12.5. The first-order valence-electron chi connectivity index (χ1n) is 4.23. The lowest BCUT2D eigenvalue weighted by molar-refractivity contribution is 0.175. The molecule has 0 aliphatic heterocycles. The van der Waals surface area contributed by atoms with Gasteiger partial charge >= 0.3 is 6.03 Å². The zero-order chi connectivity index (χ0) is 9.40. The lowest BCUT2D eigenvalue weighted by Crippen LogP contribution is -2.33. The highest BCUT2D eigenvalue weighted by Crippen LogP contribution is 2.05. The average Bonchev–Trinajstić information content (AvgIpc) is 2.05. The Morgan fingerprint density at radius 1 is 1.67 bits per heavy atom. The fourth-order valence-electron chi connectivity index (χ4n) is 0.980. The summed E-state index contributed by atoms with van der Waals surface area (Å²) >= 11 is 0. The molecule has 4 nitrogen and oxygen atoms in total. The second kappa shape index (κ2) is 6.91. The van der Waals surface area contributed by atoms with Crippen molar-refractivity contribution in [2.75, 3.05) is 20.3 Å². The number of nitrogens with one attached hydrogen (secondary N) is 1. The molecule has 0 saturated heterocycles. The van der Waals surface area contributed by atoms with Crippen LogP contribution < -0.4 is 11.1 Å². The Morgan fingerprint density at radius 3 is 2.75 bits per heavy atom. The maximum absolute atomic E-state index is 10.4. The van der Waals surface area contributed by atoms with Crippen molar-refractivity contribution in [3.05, 3.63) is 0 Å². The van der Waals surface area contributed by atoms with Gasteiger partial charge in [0.15, 0.2) is 0 Å². The lowest BCUT2D eigenvalue weighted by Gasteiger charge is -2.13. The van der Waals surface area contributed by atoms with Crippen LogP contribution in [0.25, 0.3) is 0 Å². The van der Waals surface area contributed by atoms with E-state index in [4.69, 9.17) is 10.5 Å². The Hall–Kier alpha value is -0.770. The van der Waals surface area contributed by atoms with E-state index in [1.165, 1.54) is 0 Å². The van der Waals surface area contributed by atoms with Gasteiger partial charge in [0, 0.05) is 20.3 Å². The van der Waals surface area contributed by atoms with Crippen molar-refractivity contribution < 1.29 is 9.53 Å². The van der Waals surface area contributed by atoms with E-state index in [0.717, 1.165) is 19.4 Å². The number of urea groups is 1. The summed E-state index contributed by atoms with van der Waals surface area (Å²) < 4.78 is 4.94. The molecule has 1 unspecified atom stereocenters. The molecule has 0 bridgehead atoms. The Balaban J connectivity index is 3.45. The molecule has 0 spiro atoms. The summed E-state index contributed by atoms with van der Waals surface area (Å²) in [6.45, 7) is 3.47. The molecule has 0 rings (SSSR count). The van der Waals surface area contributed by atoms with Crippen LogP contribution in [0.3, 0.4) is 0 Å². The van der Waals surface area contributed by atoms with E-state index < -0.39 is 6.03 Å². The van der Waals surface area contributed by atoms with E-state index in [2.05, 4.69) is 12.2 Å². The molecule has 0 aliphatic carbocycles. The predicted molar refractivity (Wildman–Crippen MR) is 47.9 cm³/mol. The monoisotopic (exact) mass is 174 g/mol. The Bertz CT molecular complexity index is 128. The van der Waals surface area contributed by atoms with Crippen LogP contribution in [0.5, 0.6) is 0 Å². The van der Waals surface area contributed by atoms with Crippen molar-refractivity contribution in [1.82, 2.24) is 5.32 Å². The van der Waals surface area contributed by atoms with Gasteiger partial charge in [-0.25, -0.2) is 4.79 Å². The minimum absolute atomic E-state index is 0.453. The predicted octanol–water partition coefficient (Wildman–Crippen LogP) is 0.717. The zero-order valence-corrected chi connectivity index (χ0v) is 7.80. The molecule has 0 aromatic heterocycles. The topological polar surface area (TPSA) is 64.3 Å².